The molecule has 1 heterocycles. The minimum absolute atomic E-state index is 0.0176. The average Bonchev–Trinajstić information content (AvgIpc) is 2.37. The van der Waals surface area contributed by atoms with Crippen LogP contribution < -0.4 is 10.6 Å². The van der Waals surface area contributed by atoms with Crippen molar-refractivity contribution in [3.8, 4) is 0 Å². The van der Waals surface area contributed by atoms with E-state index in [1.165, 1.54) is 12.1 Å². The number of nitrogens with zero attached hydrogens (tertiary/aromatic N) is 1. The van der Waals surface area contributed by atoms with Gasteiger partial charge in [0.2, 0.25) is 5.91 Å². The van der Waals surface area contributed by atoms with Gasteiger partial charge in [-0.3, -0.25) is 14.9 Å². The normalized spacial score (nSPS) is 15.1. The lowest BCUT2D eigenvalue weighted by atomic mass is 10.1. The molecule has 1 aromatic carbocycles. The third kappa shape index (κ3) is 1.94. The van der Waals surface area contributed by atoms with Crippen LogP contribution in [0.3, 0.4) is 0 Å². The van der Waals surface area contributed by atoms with Gasteiger partial charge in [-0.15, -0.1) is 0 Å². The molecule has 0 aliphatic carbocycles. The highest BCUT2D eigenvalue weighted by Crippen LogP contribution is 2.23. The van der Waals surface area contributed by atoms with Crippen LogP contribution in [0.2, 0.25) is 0 Å². The van der Waals surface area contributed by atoms with Crippen molar-refractivity contribution in [2.75, 3.05) is 11.9 Å². The number of hydrogen-bond acceptors (Lipinski definition) is 4. The molecule has 0 unspecified atom stereocenters. The number of amides is 1. The number of fused-ring (bicyclic) bond motifs is 1. The third-order valence-corrected chi connectivity index (χ3v) is 2.18. The highest BCUT2D eigenvalue weighted by atomic mass is 16.6. The zero-order valence-corrected chi connectivity index (χ0v) is 7.82. The van der Waals surface area contributed by atoms with Crippen molar-refractivity contribution in [3.63, 3.8) is 0 Å². The Morgan fingerprint density at radius 3 is 2.87 bits per heavy atom. The molecular weight excluding hydrogens is 198 g/mol. The van der Waals surface area contributed by atoms with Gasteiger partial charge in [0.1, 0.15) is 0 Å². The third-order valence-electron chi connectivity index (χ3n) is 2.18. The monoisotopic (exact) mass is 207 g/mol. The van der Waals surface area contributed by atoms with E-state index in [1.54, 1.807) is 6.07 Å². The molecule has 0 saturated heterocycles. The smallest absolute Gasteiger partial charge is 0.271 e. The van der Waals surface area contributed by atoms with E-state index in [0.29, 0.717) is 12.2 Å². The summed E-state index contributed by atoms with van der Waals surface area (Å²) in [5, 5.41) is 16.1. The summed E-state index contributed by atoms with van der Waals surface area (Å²) in [5.74, 6) is -0.186. The van der Waals surface area contributed by atoms with Crippen LogP contribution in [-0.4, -0.2) is 17.4 Å². The minimum Gasteiger partial charge on any atom is -0.324 e. The molecule has 1 amide bonds. The highest BCUT2D eigenvalue weighted by Gasteiger charge is 2.15. The second-order valence-electron chi connectivity index (χ2n) is 3.25. The topological polar surface area (TPSA) is 84.3 Å². The van der Waals surface area contributed by atoms with Crippen LogP contribution in [0.15, 0.2) is 18.2 Å². The van der Waals surface area contributed by atoms with Crippen molar-refractivity contribution in [1.29, 1.82) is 0 Å². The number of nitrogens with one attached hydrogen (secondary N) is 2. The first kappa shape index (κ1) is 9.60. The van der Waals surface area contributed by atoms with E-state index in [-0.39, 0.29) is 18.1 Å². The quantitative estimate of drug-likeness (QED) is 0.522. The van der Waals surface area contributed by atoms with Crippen LogP contribution >= 0.6 is 0 Å². The van der Waals surface area contributed by atoms with E-state index in [2.05, 4.69) is 10.6 Å². The molecule has 0 spiro atoms. The fraction of sp³-hybridized carbons (Fsp3) is 0.222. The zero-order valence-electron chi connectivity index (χ0n) is 7.82. The largest absolute Gasteiger partial charge is 0.324 e. The fourth-order valence-electron chi connectivity index (χ4n) is 1.45. The predicted molar refractivity (Wildman–Crippen MR) is 53.4 cm³/mol. The molecule has 0 atom stereocenters. The number of anilines is 1. The predicted octanol–water partition coefficient (Wildman–Crippen LogP) is 0.636. The molecule has 6 heteroatoms. The lowest BCUT2D eigenvalue weighted by Gasteiger charge is -2.04. The fourth-order valence-corrected chi connectivity index (χ4v) is 1.45. The van der Waals surface area contributed by atoms with Crippen molar-refractivity contribution < 1.29 is 9.72 Å². The molecule has 0 radical (unpaired) electrons. The molecule has 6 nitrogen and oxygen atoms in total. The molecule has 1 aliphatic rings. The minimum atomic E-state index is -0.481. The SMILES string of the molecule is O=C1CNCc2ccc([N+](=O)[O-])cc2N1. The Hall–Kier alpha value is -1.95. The lowest BCUT2D eigenvalue weighted by Crippen LogP contribution is -2.23. The van der Waals surface area contributed by atoms with Gasteiger partial charge in [0.25, 0.3) is 5.69 Å². The standard InChI is InChI=1S/C9H9N3O3/c13-9-5-10-4-6-1-2-7(12(14)15)3-8(6)11-9/h1-3,10H,4-5H2,(H,11,13). The van der Waals surface area contributed by atoms with E-state index in [1.807, 2.05) is 0 Å². The second kappa shape index (κ2) is 3.66. The maximum atomic E-state index is 11.2. The van der Waals surface area contributed by atoms with E-state index in [4.69, 9.17) is 0 Å². The summed E-state index contributed by atoms with van der Waals surface area (Å²) in [6.07, 6.45) is 0. The first-order valence-electron chi connectivity index (χ1n) is 4.45. The van der Waals surface area contributed by atoms with Crippen molar-refractivity contribution in [2.45, 2.75) is 6.54 Å². The summed E-state index contributed by atoms with van der Waals surface area (Å²) in [6, 6.07) is 4.45. The summed E-state index contributed by atoms with van der Waals surface area (Å²) >= 11 is 0. The molecule has 1 aliphatic heterocycles. The van der Waals surface area contributed by atoms with Gasteiger partial charge in [-0.2, -0.15) is 0 Å². The number of nitro groups is 1. The number of nitro benzene ring substituents is 1. The molecule has 0 bridgehead atoms. The maximum absolute atomic E-state index is 11.2. The van der Waals surface area contributed by atoms with Crippen LogP contribution in [0.5, 0.6) is 0 Å². The van der Waals surface area contributed by atoms with Crippen LogP contribution in [0.25, 0.3) is 0 Å². The van der Waals surface area contributed by atoms with Gasteiger partial charge in [-0.05, 0) is 11.6 Å². The Kier molecular flexibility index (Phi) is 2.34. The van der Waals surface area contributed by atoms with Crippen LogP contribution in [0.1, 0.15) is 5.56 Å². The summed E-state index contributed by atoms with van der Waals surface area (Å²) in [6.45, 7) is 0.758. The summed E-state index contributed by atoms with van der Waals surface area (Å²) in [7, 11) is 0. The van der Waals surface area contributed by atoms with Gasteiger partial charge < -0.3 is 10.6 Å². The summed E-state index contributed by atoms with van der Waals surface area (Å²) < 4.78 is 0. The Morgan fingerprint density at radius 1 is 1.33 bits per heavy atom. The Morgan fingerprint density at radius 2 is 2.13 bits per heavy atom. The summed E-state index contributed by atoms with van der Waals surface area (Å²) in [5.41, 5.74) is 1.35. The summed E-state index contributed by atoms with van der Waals surface area (Å²) in [4.78, 5) is 21.2. The van der Waals surface area contributed by atoms with Crippen molar-refractivity contribution in [3.05, 3.63) is 33.9 Å². The Bertz CT molecular complexity index is 431. The van der Waals surface area contributed by atoms with Crippen molar-refractivity contribution in [2.24, 2.45) is 0 Å². The molecule has 1 aromatic rings. The number of carbonyl (C=O) groups excluding carboxylic acids is 1. The van der Waals surface area contributed by atoms with E-state index in [9.17, 15) is 14.9 Å². The van der Waals surface area contributed by atoms with Crippen LogP contribution in [0.4, 0.5) is 11.4 Å². The first-order chi connectivity index (χ1) is 7.16. The van der Waals surface area contributed by atoms with Gasteiger partial charge in [0.15, 0.2) is 0 Å². The molecule has 2 rings (SSSR count). The van der Waals surface area contributed by atoms with E-state index < -0.39 is 4.92 Å². The van der Waals surface area contributed by atoms with E-state index in [0.717, 1.165) is 5.56 Å². The number of rotatable bonds is 1. The molecule has 15 heavy (non-hydrogen) atoms. The van der Waals surface area contributed by atoms with Gasteiger partial charge in [0, 0.05) is 18.7 Å². The first-order valence-corrected chi connectivity index (χ1v) is 4.45. The highest BCUT2D eigenvalue weighted by molar-refractivity contribution is 5.94. The van der Waals surface area contributed by atoms with Crippen LogP contribution in [0, 0.1) is 10.1 Å². The van der Waals surface area contributed by atoms with Crippen LogP contribution in [-0.2, 0) is 11.3 Å². The Labute approximate surface area is 85.4 Å². The van der Waals surface area contributed by atoms with Gasteiger partial charge >= 0.3 is 0 Å². The maximum Gasteiger partial charge on any atom is 0.271 e. The van der Waals surface area contributed by atoms with E-state index >= 15 is 0 Å². The lowest BCUT2D eigenvalue weighted by molar-refractivity contribution is -0.384. The molecular formula is C9H9N3O3. The van der Waals surface area contributed by atoms with Gasteiger partial charge in [-0.25, -0.2) is 0 Å². The number of hydrogen-bond donors (Lipinski definition) is 2. The number of benzene rings is 1. The average molecular weight is 207 g/mol. The second-order valence-corrected chi connectivity index (χ2v) is 3.25. The molecule has 0 aromatic heterocycles. The van der Waals surface area contributed by atoms with Crippen molar-refractivity contribution in [1.82, 2.24) is 5.32 Å². The molecule has 2 N–H and O–H groups in total. The van der Waals surface area contributed by atoms with Gasteiger partial charge in [-0.1, -0.05) is 0 Å². The molecule has 78 valence electrons. The van der Waals surface area contributed by atoms with Crippen molar-refractivity contribution >= 4 is 17.3 Å². The number of carbonyl (C=O) groups is 1. The molecule has 0 saturated carbocycles. The zero-order chi connectivity index (χ0) is 10.8. The Balaban J connectivity index is 2.41. The van der Waals surface area contributed by atoms with Gasteiger partial charge in [0.05, 0.1) is 17.2 Å². The number of non-ortho nitro benzene ring substituents is 1. The molecule has 0 fully saturated rings.